The molecule has 4 heterocycles. The number of nitrogens with zero attached hydrogens (tertiary/aromatic N) is 6. The average Bonchev–Trinajstić information content (AvgIpc) is 3.48. The van der Waals surface area contributed by atoms with Gasteiger partial charge in [0.1, 0.15) is 16.9 Å². The molecule has 0 aromatic carbocycles. The van der Waals surface area contributed by atoms with Crippen LogP contribution in [0.4, 0.5) is 11.6 Å². The van der Waals surface area contributed by atoms with Gasteiger partial charge in [-0.15, -0.1) is 0 Å². The Morgan fingerprint density at radius 1 is 1.14 bits per heavy atom. The van der Waals surface area contributed by atoms with Gasteiger partial charge in [0.25, 0.3) is 0 Å². The summed E-state index contributed by atoms with van der Waals surface area (Å²) in [6.07, 6.45) is 10.9. The fourth-order valence-electron chi connectivity index (χ4n) is 5.06. The molecule has 3 aromatic heterocycles. The lowest BCUT2D eigenvalue weighted by molar-refractivity contribution is 0.182. The molecule has 2 fully saturated rings. The standard InChI is InChI=1S/C23H32N8O3S/c1-3-19-23(27-15-4-5-17(32)10-15)29-20-18(12-25-22(24)21(20)28-19)14-11-26-31(13-14)16-6-8-30(9-7-16)35(2,33)34/h11-13,15-17,32H,3-10H2,1-2H3,(H2,24,25)(H,27,29)/t15-,17+/m1/s1. The van der Waals surface area contributed by atoms with Crippen molar-refractivity contribution < 1.29 is 13.5 Å². The van der Waals surface area contributed by atoms with Crippen molar-refractivity contribution in [1.82, 2.24) is 29.0 Å². The van der Waals surface area contributed by atoms with Crippen LogP contribution in [-0.4, -0.2) is 74.1 Å². The van der Waals surface area contributed by atoms with Crippen LogP contribution in [0, 0.1) is 0 Å². The number of aliphatic hydroxyl groups excluding tert-OH is 1. The minimum absolute atomic E-state index is 0.124. The third kappa shape index (κ3) is 4.82. The van der Waals surface area contributed by atoms with E-state index in [2.05, 4.69) is 15.4 Å². The zero-order valence-corrected chi connectivity index (χ0v) is 20.9. The molecule has 11 nitrogen and oxygen atoms in total. The monoisotopic (exact) mass is 500 g/mol. The van der Waals surface area contributed by atoms with Crippen molar-refractivity contribution in [1.29, 1.82) is 0 Å². The summed E-state index contributed by atoms with van der Waals surface area (Å²) in [6, 6.07) is 0.281. The summed E-state index contributed by atoms with van der Waals surface area (Å²) in [6.45, 7) is 3.00. The highest BCUT2D eigenvalue weighted by Crippen LogP contribution is 2.33. The number of aromatic nitrogens is 5. The number of aryl methyl sites for hydroxylation is 1. The molecule has 0 bridgehead atoms. The molecule has 3 aromatic rings. The summed E-state index contributed by atoms with van der Waals surface area (Å²) in [4.78, 5) is 14.1. The highest BCUT2D eigenvalue weighted by Gasteiger charge is 2.27. The van der Waals surface area contributed by atoms with Crippen LogP contribution in [0.15, 0.2) is 18.6 Å². The summed E-state index contributed by atoms with van der Waals surface area (Å²) >= 11 is 0. The van der Waals surface area contributed by atoms with Gasteiger partial charge in [0.15, 0.2) is 5.82 Å². The maximum absolute atomic E-state index is 11.8. The first-order valence-corrected chi connectivity index (χ1v) is 14.0. The zero-order valence-electron chi connectivity index (χ0n) is 20.1. The minimum atomic E-state index is -3.17. The van der Waals surface area contributed by atoms with Crippen molar-refractivity contribution in [3.05, 3.63) is 24.3 Å². The van der Waals surface area contributed by atoms with Crippen molar-refractivity contribution in [2.24, 2.45) is 0 Å². The minimum Gasteiger partial charge on any atom is -0.393 e. The predicted molar refractivity (Wildman–Crippen MR) is 134 cm³/mol. The maximum Gasteiger partial charge on any atom is 0.211 e. The summed E-state index contributed by atoms with van der Waals surface area (Å²) in [5, 5.41) is 18.0. The van der Waals surface area contributed by atoms with Crippen LogP contribution < -0.4 is 11.1 Å². The van der Waals surface area contributed by atoms with E-state index in [1.54, 1.807) is 12.4 Å². The molecule has 0 amide bonds. The van der Waals surface area contributed by atoms with E-state index in [0.29, 0.717) is 61.4 Å². The van der Waals surface area contributed by atoms with Crippen LogP contribution in [0.3, 0.4) is 0 Å². The Balaban J connectivity index is 1.46. The summed E-state index contributed by atoms with van der Waals surface area (Å²) < 4.78 is 27.1. The smallest absolute Gasteiger partial charge is 0.211 e. The van der Waals surface area contributed by atoms with E-state index in [1.165, 1.54) is 10.6 Å². The maximum atomic E-state index is 11.8. The van der Waals surface area contributed by atoms with Gasteiger partial charge in [-0.1, -0.05) is 6.92 Å². The molecule has 188 valence electrons. The number of hydrogen-bond acceptors (Lipinski definition) is 9. The Bertz CT molecular complexity index is 1330. The SMILES string of the molecule is CCc1nc2c(N)ncc(-c3cnn(C4CCN(S(C)(=O)=O)CC4)c3)c2nc1N[C@@H]1CC[C@H](O)C1. The Kier molecular flexibility index (Phi) is 6.36. The second-order valence-electron chi connectivity index (χ2n) is 9.54. The lowest BCUT2D eigenvalue weighted by atomic mass is 10.1. The fourth-order valence-corrected chi connectivity index (χ4v) is 5.94. The van der Waals surface area contributed by atoms with Crippen molar-refractivity contribution in [2.75, 3.05) is 30.4 Å². The van der Waals surface area contributed by atoms with Crippen LogP contribution >= 0.6 is 0 Å². The Morgan fingerprint density at radius 3 is 2.57 bits per heavy atom. The number of nitrogens with one attached hydrogen (secondary N) is 1. The van der Waals surface area contributed by atoms with E-state index in [9.17, 15) is 13.5 Å². The first-order chi connectivity index (χ1) is 16.7. The number of aliphatic hydroxyl groups is 1. The molecule has 1 saturated heterocycles. The molecule has 2 atom stereocenters. The second kappa shape index (κ2) is 9.32. The lowest BCUT2D eigenvalue weighted by Gasteiger charge is -2.30. The molecule has 0 unspecified atom stereocenters. The molecular formula is C23H32N8O3S. The van der Waals surface area contributed by atoms with Crippen molar-refractivity contribution >= 4 is 32.7 Å². The average molecular weight is 501 g/mol. The number of nitrogen functional groups attached to an aromatic ring is 1. The fraction of sp³-hybridized carbons (Fsp3) is 0.565. The Morgan fingerprint density at radius 2 is 1.91 bits per heavy atom. The van der Waals surface area contributed by atoms with Crippen LogP contribution in [0.1, 0.15) is 50.8 Å². The van der Waals surface area contributed by atoms with Crippen molar-refractivity contribution in [3.63, 3.8) is 0 Å². The Hall–Kier alpha value is -2.83. The van der Waals surface area contributed by atoms with E-state index >= 15 is 0 Å². The zero-order chi connectivity index (χ0) is 24.7. The van der Waals surface area contributed by atoms with Gasteiger partial charge in [-0.25, -0.2) is 27.7 Å². The number of fused-ring (bicyclic) bond motifs is 1. The molecule has 2 aliphatic rings. The van der Waals surface area contributed by atoms with Crippen molar-refractivity contribution in [2.45, 2.75) is 63.6 Å². The van der Waals surface area contributed by atoms with E-state index in [-0.39, 0.29) is 18.2 Å². The molecular weight excluding hydrogens is 468 g/mol. The van der Waals surface area contributed by atoms with E-state index < -0.39 is 10.0 Å². The quantitative estimate of drug-likeness (QED) is 0.461. The molecule has 0 spiro atoms. The first-order valence-electron chi connectivity index (χ1n) is 12.1. The van der Waals surface area contributed by atoms with E-state index in [1.807, 2.05) is 17.8 Å². The van der Waals surface area contributed by atoms with Gasteiger partial charge in [0, 0.05) is 42.7 Å². The topological polar surface area (TPSA) is 152 Å². The predicted octanol–water partition coefficient (Wildman–Crippen LogP) is 1.95. The number of rotatable bonds is 6. The van der Waals surface area contributed by atoms with Crippen LogP contribution in [0.25, 0.3) is 22.2 Å². The first kappa shape index (κ1) is 23.9. The van der Waals surface area contributed by atoms with Gasteiger partial charge in [0.2, 0.25) is 10.0 Å². The normalized spacial score (nSPS) is 22.1. The van der Waals surface area contributed by atoms with Gasteiger partial charge in [-0.05, 0) is 38.5 Å². The molecule has 0 radical (unpaired) electrons. The van der Waals surface area contributed by atoms with Crippen LogP contribution in [-0.2, 0) is 16.4 Å². The molecule has 1 aliphatic carbocycles. The number of hydrogen-bond donors (Lipinski definition) is 3. The third-order valence-electron chi connectivity index (χ3n) is 7.06. The number of sulfonamides is 1. The molecule has 1 aliphatic heterocycles. The molecule has 35 heavy (non-hydrogen) atoms. The molecule has 12 heteroatoms. The summed E-state index contributed by atoms with van der Waals surface area (Å²) in [7, 11) is -3.17. The number of nitrogens with two attached hydrogens (primary N) is 1. The van der Waals surface area contributed by atoms with Gasteiger partial charge >= 0.3 is 0 Å². The summed E-state index contributed by atoms with van der Waals surface area (Å²) in [5.74, 6) is 1.04. The van der Waals surface area contributed by atoms with E-state index in [0.717, 1.165) is 29.7 Å². The largest absolute Gasteiger partial charge is 0.393 e. The lowest BCUT2D eigenvalue weighted by Crippen LogP contribution is -2.38. The van der Waals surface area contributed by atoms with Crippen LogP contribution in [0.2, 0.25) is 0 Å². The van der Waals surface area contributed by atoms with Gasteiger partial charge < -0.3 is 16.2 Å². The third-order valence-corrected chi connectivity index (χ3v) is 8.36. The van der Waals surface area contributed by atoms with Crippen LogP contribution in [0.5, 0.6) is 0 Å². The molecule has 5 rings (SSSR count). The van der Waals surface area contributed by atoms with Gasteiger partial charge in [0.05, 0.1) is 30.3 Å². The number of pyridine rings is 1. The van der Waals surface area contributed by atoms with Gasteiger partial charge in [-0.2, -0.15) is 5.10 Å². The number of piperidine rings is 1. The number of anilines is 2. The van der Waals surface area contributed by atoms with Crippen molar-refractivity contribution in [3.8, 4) is 11.1 Å². The highest BCUT2D eigenvalue weighted by atomic mass is 32.2. The van der Waals surface area contributed by atoms with Gasteiger partial charge in [-0.3, -0.25) is 4.68 Å². The highest BCUT2D eigenvalue weighted by molar-refractivity contribution is 7.88. The second-order valence-corrected chi connectivity index (χ2v) is 11.5. The molecule has 1 saturated carbocycles. The summed E-state index contributed by atoms with van der Waals surface area (Å²) in [5.41, 5.74) is 9.87. The molecule has 4 N–H and O–H groups in total. The van der Waals surface area contributed by atoms with E-state index in [4.69, 9.17) is 15.7 Å². The Labute approximate surface area is 204 Å².